The Labute approximate surface area is 166 Å². The molecule has 3 aromatic carbocycles. The number of nitrogens with zero attached hydrogens (tertiary/aromatic N) is 1. The number of aromatic nitrogens is 1. The number of hydrogen-bond donors (Lipinski definition) is 2. The van der Waals surface area contributed by atoms with Crippen LogP contribution in [-0.2, 0) is 0 Å². The molecule has 0 radical (unpaired) electrons. The van der Waals surface area contributed by atoms with E-state index in [1.165, 1.54) is 0 Å². The van der Waals surface area contributed by atoms with Crippen LogP contribution in [-0.4, -0.2) is 29.2 Å². The number of nitrogens with two attached hydrogens (primary N) is 1. The van der Waals surface area contributed by atoms with E-state index < -0.39 is 5.91 Å². The molecule has 0 fully saturated rings. The highest BCUT2D eigenvalue weighted by molar-refractivity contribution is 7.21. The molecule has 0 bridgehead atoms. The van der Waals surface area contributed by atoms with Crippen molar-refractivity contribution in [3.8, 4) is 27.4 Å². The summed E-state index contributed by atoms with van der Waals surface area (Å²) >= 11 is 1.58. The molecule has 0 saturated heterocycles. The molecule has 0 aliphatic rings. The van der Waals surface area contributed by atoms with Crippen LogP contribution in [0.15, 0.2) is 66.7 Å². The molecule has 0 aliphatic carbocycles. The zero-order valence-corrected chi connectivity index (χ0v) is 15.8. The van der Waals surface area contributed by atoms with Gasteiger partial charge in [0.2, 0.25) is 5.91 Å². The van der Waals surface area contributed by atoms with Crippen LogP contribution >= 0.6 is 11.3 Å². The van der Waals surface area contributed by atoms with Crippen LogP contribution in [0.25, 0.3) is 31.9 Å². The average molecular weight is 390 g/mol. The van der Waals surface area contributed by atoms with Crippen LogP contribution in [0.4, 0.5) is 0 Å². The molecule has 3 N–H and O–H groups in total. The number of primary amides is 1. The summed E-state index contributed by atoms with van der Waals surface area (Å²) in [7, 11) is 0. The van der Waals surface area contributed by atoms with E-state index >= 15 is 0 Å². The van der Waals surface area contributed by atoms with E-state index in [1.807, 2.05) is 54.6 Å². The van der Waals surface area contributed by atoms with Crippen molar-refractivity contribution < 1.29 is 14.6 Å². The van der Waals surface area contributed by atoms with Crippen molar-refractivity contribution >= 4 is 27.5 Å². The van der Waals surface area contributed by atoms with Crippen molar-refractivity contribution in [2.24, 2.45) is 5.73 Å². The monoisotopic (exact) mass is 390 g/mol. The van der Waals surface area contributed by atoms with Crippen molar-refractivity contribution in [2.45, 2.75) is 0 Å². The molecule has 0 saturated carbocycles. The maximum Gasteiger partial charge on any atom is 0.249 e. The lowest BCUT2D eigenvalue weighted by Crippen LogP contribution is -2.12. The summed E-state index contributed by atoms with van der Waals surface area (Å²) < 4.78 is 6.49. The van der Waals surface area contributed by atoms with Crippen LogP contribution < -0.4 is 10.5 Å². The van der Waals surface area contributed by atoms with Gasteiger partial charge >= 0.3 is 0 Å². The quantitative estimate of drug-likeness (QED) is 0.519. The van der Waals surface area contributed by atoms with Gasteiger partial charge in [-0.05, 0) is 35.4 Å². The van der Waals surface area contributed by atoms with Crippen LogP contribution in [0.2, 0.25) is 0 Å². The second kappa shape index (κ2) is 7.80. The van der Waals surface area contributed by atoms with Gasteiger partial charge in [0, 0.05) is 11.1 Å². The van der Waals surface area contributed by atoms with Crippen molar-refractivity contribution in [1.29, 1.82) is 0 Å². The fourth-order valence-electron chi connectivity index (χ4n) is 3.02. The second-order valence-corrected chi connectivity index (χ2v) is 7.24. The molecule has 140 valence electrons. The van der Waals surface area contributed by atoms with E-state index in [0.717, 1.165) is 37.7 Å². The molecule has 28 heavy (non-hydrogen) atoms. The maximum atomic E-state index is 11.7. The van der Waals surface area contributed by atoms with Crippen LogP contribution in [0.3, 0.4) is 0 Å². The summed E-state index contributed by atoms with van der Waals surface area (Å²) in [4.78, 5) is 16.4. The molecule has 4 rings (SSSR count). The van der Waals surface area contributed by atoms with Crippen LogP contribution in [0.5, 0.6) is 5.75 Å². The topological polar surface area (TPSA) is 85.4 Å². The molecule has 0 spiro atoms. The average Bonchev–Trinajstić information content (AvgIpc) is 3.15. The van der Waals surface area contributed by atoms with Gasteiger partial charge in [0.25, 0.3) is 0 Å². The third-order valence-electron chi connectivity index (χ3n) is 4.36. The number of rotatable bonds is 6. The minimum Gasteiger partial charge on any atom is -0.491 e. The first-order chi connectivity index (χ1) is 13.7. The summed E-state index contributed by atoms with van der Waals surface area (Å²) in [6.07, 6.45) is 0. The number of thiazole rings is 1. The van der Waals surface area contributed by atoms with Gasteiger partial charge in [0.1, 0.15) is 17.4 Å². The lowest BCUT2D eigenvalue weighted by atomic mass is 9.98. The number of benzene rings is 3. The highest BCUT2D eigenvalue weighted by atomic mass is 32.1. The maximum absolute atomic E-state index is 11.7. The zero-order valence-electron chi connectivity index (χ0n) is 15.0. The Balaban J connectivity index is 1.65. The lowest BCUT2D eigenvalue weighted by molar-refractivity contribution is 0.100. The summed E-state index contributed by atoms with van der Waals surface area (Å²) in [5, 5.41) is 9.79. The van der Waals surface area contributed by atoms with E-state index in [-0.39, 0.29) is 13.2 Å². The third-order valence-corrected chi connectivity index (χ3v) is 5.42. The molecule has 4 aromatic rings. The van der Waals surface area contributed by atoms with Gasteiger partial charge in [0.05, 0.1) is 16.8 Å². The Morgan fingerprint density at radius 3 is 2.54 bits per heavy atom. The molecule has 0 aliphatic heterocycles. The minimum atomic E-state index is -0.440. The predicted octanol–water partition coefficient (Wildman–Crippen LogP) is 4.10. The second-order valence-electron chi connectivity index (χ2n) is 6.21. The van der Waals surface area contributed by atoms with Crippen molar-refractivity contribution in [1.82, 2.24) is 4.98 Å². The van der Waals surface area contributed by atoms with Gasteiger partial charge in [-0.1, -0.05) is 42.5 Å². The Kier molecular flexibility index (Phi) is 5.06. The number of carbonyl (C=O) groups excluding carboxylic acids is 1. The Bertz CT molecular complexity index is 1140. The normalized spacial score (nSPS) is 10.9. The van der Waals surface area contributed by atoms with Crippen molar-refractivity contribution in [2.75, 3.05) is 13.2 Å². The van der Waals surface area contributed by atoms with E-state index in [9.17, 15) is 4.79 Å². The number of amides is 1. The van der Waals surface area contributed by atoms with Gasteiger partial charge in [-0.15, -0.1) is 11.3 Å². The third kappa shape index (κ3) is 3.60. The van der Waals surface area contributed by atoms with Crippen LogP contribution in [0, 0.1) is 0 Å². The first-order valence-corrected chi connectivity index (χ1v) is 9.61. The van der Waals surface area contributed by atoms with Gasteiger partial charge in [-0.3, -0.25) is 4.79 Å². The van der Waals surface area contributed by atoms with E-state index in [4.69, 9.17) is 20.6 Å². The van der Waals surface area contributed by atoms with Crippen molar-refractivity contribution in [3.05, 3.63) is 72.3 Å². The molecule has 1 heterocycles. The number of ether oxygens (including phenoxy) is 1. The Morgan fingerprint density at radius 2 is 1.79 bits per heavy atom. The molecule has 1 amide bonds. The van der Waals surface area contributed by atoms with E-state index in [0.29, 0.717) is 5.56 Å². The molecule has 6 heteroatoms. The first-order valence-electron chi connectivity index (χ1n) is 8.79. The van der Waals surface area contributed by atoms with Gasteiger partial charge < -0.3 is 15.6 Å². The summed E-state index contributed by atoms with van der Waals surface area (Å²) in [5.41, 5.74) is 9.64. The SMILES string of the molecule is NC(=O)c1ccccc1-c1ccc(-c2nc3ccc(OCCO)cc3s2)cc1. The molecular formula is C22H18N2O3S. The molecular weight excluding hydrogens is 372 g/mol. The number of hydrogen-bond acceptors (Lipinski definition) is 5. The summed E-state index contributed by atoms with van der Waals surface area (Å²) in [6.45, 7) is 0.253. The molecule has 1 aromatic heterocycles. The molecule has 0 unspecified atom stereocenters. The molecule has 5 nitrogen and oxygen atoms in total. The standard InChI is InChI=1S/C22H18N2O3S/c23-21(26)18-4-2-1-3-17(18)14-5-7-15(8-6-14)22-24-19-10-9-16(27-12-11-25)13-20(19)28-22/h1-10,13,25H,11-12H2,(H2,23,26). The lowest BCUT2D eigenvalue weighted by Gasteiger charge is -2.07. The minimum absolute atomic E-state index is 0.0167. The fraction of sp³-hybridized carbons (Fsp3) is 0.0909. The fourth-order valence-corrected chi connectivity index (χ4v) is 4.02. The van der Waals surface area contributed by atoms with Crippen LogP contribution in [0.1, 0.15) is 10.4 Å². The number of carbonyl (C=O) groups is 1. The number of aliphatic hydroxyl groups excluding tert-OH is 1. The highest BCUT2D eigenvalue weighted by Gasteiger charge is 2.11. The van der Waals surface area contributed by atoms with E-state index in [2.05, 4.69) is 0 Å². The number of fused-ring (bicyclic) bond motifs is 1. The largest absolute Gasteiger partial charge is 0.491 e. The Hall–Kier alpha value is -3.22. The predicted molar refractivity (Wildman–Crippen MR) is 112 cm³/mol. The van der Waals surface area contributed by atoms with Crippen molar-refractivity contribution in [3.63, 3.8) is 0 Å². The zero-order chi connectivity index (χ0) is 19.5. The van der Waals surface area contributed by atoms with Gasteiger partial charge in [-0.2, -0.15) is 0 Å². The summed E-state index contributed by atoms with van der Waals surface area (Å²) in [5.74, 6) is 0.278. The summed E-state index contributed by atoms with van der Waals surface area (Å²) in [6, 6.07) is 20.9. The smallest absolute Gasteiger partial charge is 0.249 e. The van der Waals surface area contributed by atoms with E-state index in [1.54, 1.807) is 23.5 Å². The Morgan fingerprint density at radius 1 is 1.04 bits per heavy atom. The number of aliphatic hydroxyl groups is 1. The first kappa shape index (κ1) is 18.2. The highest BCUT2D eigenvalue weighted by Crippen LogP contribution is 2.33. The van der Waals surface area contributed by atoms with Gasteiger partial charge in [-0.25, -0.2) is 4.98 Å². The van der Waals surface area contributed by atoms with Gasteiger partial charge in [0.15, 0.2) is 0 Å². The molecule has 0 atom stereocenters.